The van der Waals surface area contributed by atoms with Gasteiger partial charge in [-0.25, -0.2) is 0 Å². The van der Waals surface area contributed by atoms with Gasteiger partial charge in [-0.15, -0.1) is 11.3 Å². The second kappa shape index (κ2) is 12.7. The molecule has 0 unspecified atom stereocenters. The number of unbranched alkanes of at least 4 members (excludes halogenated alkanes) is 1. The zero-order valence-electron chi connectivity index (χ0n) is 17.4. The van der Waals surface area contributed by atoms with Crippen molar-refractivity contribution in [3.05, 3.63) is 45.1 Å². The van der Waals surface area contributed by atoms with Crippen LogP contribution in [0.1, 0.15) is 48.3 Å². The summed E-state index contributed by atoms with van der Waals surface area (Å²) < 4.78 is 0. The third-order valence-corrected chi connectivity index (χ3v) is 7.26. The van der Waals surface area contributed by atoms with Crippen molar-refractivity contribution in [3.8, 4) is 0 Å². The van der Waals surface area contributed by atoms with E-state index in [1.54, 1.807) is 17.4 Å². The lowest BCUT2D eigenvalue weighted by Gasteiger charge is -2.19. The lowest BCUT2D eigenvalue weighted by molar-refractivity contribution is -0.121. The standard InChI is InChI=1S/C23H33ClO5S/c1-15-21(24)12-18(30-15)10-8-16(26)9-11-20-19(22(28)13-23(20)29)7-5-3-2-4-6-17(27)14-25/h3,5,9,11-12,16,19-20,22-23,25-26,28-29H,2,4,6-8,10,13-14H2,1H3/t16-,19+,20+,22-,23+/m0/s1. The molecule has 0 spiro atoms. The number of halogens is 1. The van der Waals surface area contributed by atoms with Gasteiger partial charge in [0.2, 0.25) is 0 Å². The number of Topliss-reactive ketones (excluding diaryl/α,β-unsaturated/α-hetero) is 1. The van der Waals surface area contributed by atoms with Crippen LogP contribution >= 0.6 is 22.9 Å². The van der Waals surface area contributed by atoms with Gasteiger partial charge >= 0.3 is 0 Å². The molecule has 5 nitrogen and oxygen atoms in total. The first kappa shape index (κ1) is 25.2. The lowest BCUT2D eigenvalue weighted by Crippen LogP contribution is -2.20. The normalized spacial score (nSPS) is 25.5. The van der Waals surface area contributed by atoms with Gasteiger partial charge in [-0.2, -0.15) is 0 Å². The fraction of sp³-hybridized carbons (Fsp3) is 0.609. The number of hydrogen-bond donors (Lipinski definition) is 4. The van der Waals surface area contributed by atoms with Gasteiger partial charge in [0.25, 0.3) is 0 Å². The zero-order chi connectivity index (χ0) is 22.1. The molecule has 0 aliphatic heterocycles. The molecule has 1 heterocycles. The maximum Gasteiger partial charge on any atom is 0.158 e. The number of thiophene rings is 1. The minimum atomic E-state index is -0.622. The molecular formula is C23H33ClO5S. The maximum atomic E-state index is 11.1. The average molecular weight is 457 g/mol. The molecule has 30 heavy (non-hydrogen) atoms. The van der Waals surface area contributed by atoms with Gasteiger partial charge in [0, 0.05) is 28.5 Å². The largest absolute Gasteiger partial charge is 0.393 e. The Bertz CT molecular complexity index is 710. The third kappa shape index (κ3) is 7.91. The van der Waals surface area contributed by atoms with Crippen LogP contribution in [-0.2, 0) is 11.2 Å². The summed E-state index contributed by atoms with van der Waals surface area (Å²) in [5.74, 6) is -0.454. The zero-order valence-corrected chi connectivity index (χ0v) is 19.0. The molecule has 1 aliphatic rings. The second-order valence-corrected chi connectivity index (χ2v) is 9.76. The monoisotopic (exact) mass is 456 g/mol. The average Bonchev–Trinajstić information content (AvgIpc) is 3.17. The van der Waals surface area contributed by atoms with Crippen LogP contribution in [-0.4, -0.2) is 51.1 Å². The molecule has 1 fully saturated rings. The molecule has 7 heteroatoms. The second-order valence-electron chi connectivity index (χ2n) is 8.02. The number of carbonyl (C=O) groups is 1. The fourth-order valence-electron chi connectivity index (χ4n) is 3.86. The van der Waals surface area contributed by atoms with Gasteiger partial charge in [0.15, 0.2) is 5.78 Å². The van der Waals surface area contributed by atoms with E-state index in [1.807, 2.05) is 31.2 Å². The summed E-state index contributed by atoms with van der Waals surface area (Å²) in [6.45, 7) is 1.57. The summed E-state index contributed by atoms with van der Waals surface area (Å²) in [4.78, 5) is 13.3. The number of aliphatic hydroxyl groups excluding tert-OH is 4. The van der Waals surface area contributed by atoms with Crippen LogP contribution < -0.4 is 0 Å². The number of carbonyl (C=O) groups excluding carboxylic acids is 1. The Hall–Kier alpha value is -1.02. The van der Waals surface area contributed by atoms with Crippen LogP contribution in [0.5, 0.6) is 0 Å². The van der Waals surface area contributed by atoms with E-state index in [0.717, 1.165) is 27.6 Å². The fourth-order valence-corrected chi connectivity index (χ4v) is 5.12. The number of aliphatic hydroxyl groups is 4. The Morgan fingerprint density at radius 3 is 2.77 bits per heavy atom. The van der Waals surface area contributed by atoms with E-state index in [-0.39, 0.29) is 17.6 Å². The van der Waals surface area contributed by atoms with E-state index >= 15 is 0 Å². The van der Waals surface area contributed by atoms with Crippen molar-refractivity contribution in [1.29, 1.82) is 0 Å². The van der Waals surface area contributed by atoms with Crippen LogP contribution in [0.4, 0.5) is 0 Å². The van der Waals surface area contributed by atoms with Crippen molar-refractivity contribution in [2.75, 3.05) is 6.61 Å². The molecule has 0 saturated heterocycles. The van der Waals surface area contributed by atoms with Gasteiger partial charge in [-0.3, -0.25) is 4.79 Å². The Labute approximate surface area is 187 Å². The van der Waals surface area contributed by atoms with E-state index in [0.29, 0.717) is 32.1 Å². The Kier molecular flexibility index (Phi) is 10.7. The Balaban J connectivity index is 1.81. The van der Waals surface area contributed by atoms with Gasteiger partial charge < -0.3 is 20.4 Å². The molecule has 2 rings (SSSR count). The van der Waals surface area contributed by atoms with Crippen molar-refractivity contribution in [1.82, 2.24) is 0 Å². The summed E-state index contributed by atoms with van der Waals surface area (Å²) >= 11 is 7.72. The maximum absolute atomic E-state index is 11.1. The first-order valence-electron chi connectivity index (χ1n) is 10.6. The van der Waals surface area contributed by atoms with Crippen LogP contribution in [0.25, 0.3) is 0 Å². The number of allylic oxidation sites excluding steroid dienone is 2. The number of hydrogen-bond acceptors (Lipinski definition) is 6. The summed E-state index contributed by atoms with van der Waals surface area (Å²) in [7, 11) is 0. The molecule has 1 saturated carbocycles. The van der Waals surface area contributed by atoms with Crippen LogP contribution in [0.15, 0.2) is 30.4 Å². The lowest BCUT2D eigenvalue weighted by atomic mass is 9.89. The summed E-state index contributed by atoms with van der Waals surface area (Å²) in [6, 6.07) is 1.94. The number of rotatable bonds is 12. The van der Waals surface area contributed by atoms with Crippen molar-refractivity contribution >= 4 is 28.7 Å². The predicted octanol–water partition coefficient (Wildman–Crippen LogP) is 3.60. The Morgan fingerprint density at radius 2 is 2.10 bits per heavy atom. The summed E-state index contributed by atoms with van der Waals surface area (Å²) in [5.41, 5.74) is 0. The van der Waals surface area contributed by atoms with Crippen molar-refractivity contribution in [3.63, 3.8) is 0 Å². The molecule has 1 aliphatic carbocycles. The minimum absolute atomic E-state index is 0.0995. The van der Waals surface area contributed by atoms with Crippen LogP contribution in [0.3, 0.4) is 0 Å². The van der Waals surface area contributed by atoms with Crippen molar-refractivity contribution < 1.29 is 25.2 Å². The molecule has 5 atom stereocenters. The molecule has 168 valence electrons. The highest BCUT2D eigenvalue weighted by Crippen LogP contribution is 2.36. The third-order valence-electron chi connectivity index (χ3n) is 5.64. The Morgan fingerprint density at radius 1 is 1.33 bits per heavy atom. The van der Waals surface area contributed by atoms with Crippen molar-refractivity contribution in [2.24, 2.45) is 11.8 Å². The highest BCUT2D eigenvalue weighted by atomic mass is 35.5. The van der Waals surface area contributed by atoms with Crippen LogP contribution in [0.2, 0.25) is 5.02 Å². The van der Waals surface area contributed by atoms with E-state index in [1.165, 1.54) is 0 Å². The smallest absolute Gasteiger partial charge is 0.158 e. The SMILES string of the molecule is Cc1sc(CC[C@H](O)C=C[C@@H]2[C@@H](CC=CCCCC(=O)CO)[C@@H](O)C[C@H]2O)cc1Cl. The highest BCUT2D eigenvalue weighted by Gasteiger charge is 2.39. The van der Waals surface area contributed by atoms with Gasteiger partial charge in [-0.1, -0.05) is 35.9 Å². The molecule has 1 aromatic heterocycles. The van der Waals surface area contributed by atoms with Gasteiger partial charge in [0.1, 0.15) is 6.61 Å². The quantitative estimate of drug-likeness (QED) is 0.284. The number of ketones is 1. The topological polar surface area (TPSA) is 98.0 Å². The van der Waals surface area contributed by atoms with E-state index in [9.17, 15) is 20.1 Å². The molecule has 4 N–H and O–H groups in total. The summed E-state index contributed by atoms with van der Waals surface area (Å²) in [5, 5.41) is 40.4. The summed E-state index contributed by atoms with van der Waals surface area (Å²) in [6.07, 6.45) is 9.79. The molecule has 0 aromatic carbocycles. The predicted molar refractivity (Wildman–Crippen MR) is 121 cm³/mol. The van der Waals surface area contributed by atoms with E-state index < -0.39 is 24.9 Å². The van der Waals surface area contributed by atoms with Crippen LogP contribution in [0, 0.1) is 18.8 Å². The highest BCUT2D eigenvalue weighted by molar-refractivity contribution is 7.12. The minimum Gasteiger partial charge on any atom is -0.393 e. The molecular weight excluding hydrogens is 424 g/mol. The van der Waals surface area contributed by atoms with Gasteiger partial charge in [-0.05, 0) is 51.0 Å². The molecule has 0 radical (unpaired) electrons. The van der Waals surface area contributed by atoms with E-state index in [2.05, 4.69) is 0 Å². The first-order valence-corrected chi connectivity index (χ1v) is 11.8. The van der Waals surface area contributed by atoms with Crippen molar-refractivity contribution in [2.45, 2.75) is 70.2 Å². The molecule has 0 bridgehead atoms. The molecule has 0 amide bonds. The van der Waals surface area contributed by atoms with Gasteiger partial charge in [0.05, 0.1) is 23.3 Å². The first-order chi connectivity index (χ1) is 14.3. The van der Waals surface area contributed by atoms with E-state index in [4.69, 9.17) is 16.7 Å². The number of aryl methyl sites for hydroxylation is 2. The molecule has 1 aromatic rings.